The van der Waals surface area contributed by atoms with Crippen LogP contribution in [0.3, 0.4) is 0 Å². The molecule has 0 unspecified atom stereocenters. The van der Waals surface area contributed by atoms with E-state index in [2.05, 4.69) is 5.16 Å². The minimum Gasteiger partial charge on any atom is -0.485 e. The number of hydrogen-bond donors (Lipinski definition) is 2. The van der Waals surface area contributed by atoms with E-state index in [-0.39, 0.29) is 23.1 Å². The molecule has 100 valence electrons. The van der Waals surface area contributed by atoms with E-state index in [0.29, 0.717) is 5.76 Å². The molecule has 0 fully saturated rings. The number of rotatable bonds is 4. The number of aromatic nitrogens is 1. The summed E-state index contributed by atoms with van der Waals surface area (Å²) < 4.78 is 23.3. The highest BCUT2D eigenvalue weighted by Crippen LogP contribution is 2.21. The fourth-order valence-corrected chi connectivity index (χ4v) is 1.40. The van der Waals surface area contributed by atoms with Gasteiger partial charge in [0.15, 0.2) is 11.5 Å². The van der Waals surface area contributed by atoms with Crippen molar-refractivity contribution in [2.75, 3.05) is 0 Å². The lowest BCUT2D eigenvalue weighted by molar-refractivity contribution is 0.0944. The van der Waals surface area contributed by atoms with Gasteiger partial charge in [0.25, 0.3) is 5.91 Å². The number of nitrogens with one attached hydrogen (secondary N) is 1. The molecule has 1 heterocycles. The summed E-state index contributed by atoms with van der Waals surface area (Å²) in [7, 11) is 0. The zero-order valence-electron chi connectivity index (χ0n) is 9.52. The summed E-state index contributed by atoms with van der Waals surface area (Å²) in [5, 5.41) is 3.50. The van der Waals surface area contributed by atoms with Crippen LogP contribution in [0.15, 0.2) is 28.8 Å². The van der Waals surface area contributed by atoms with Gasteiger partial charge in [0.2, 0.25) is 0 Å². The van der Waals surface area contributed by atoms with Crippen molar-refractivity contribution in [3.05, 3.63) is 46.6 Å². The Morgan fingerprint density at radius 3 is 3.00 bits per heavy atom. The van der Waals surface area contributed by atoms with Gasteiger partial charge < -0.3 is 9.26 Å². The first-order chi connectivity index (χ1) is 9.10. The van der Waals surface area contributed by atoms with Crippen molar-refractivity contribution in [3.63, 3.8) is 0 Å². The second kappa shape index (κ2) is 5.68. The minimum absolute atomic E-state index is 0.00801. The summed E-state index contributed by atoms with van der Waals surface area (Å²) in [6.07, 6.45) is 0. The van der Waals surface area contributed by atoms with Crippen LogP contribution in [-0.4, -0.2) is 11.1 Å². The van der Waals surface area contributed by atoms with E-state index in [0.717, 1.165) is 6.07 Å². The summed E-state index contributed by atoms with van der Waals surface area (Å²) in [5.74, 6) is 4.36. The molecule has 0 aliphatic carbocycles. The highest BCUT2D eigenvalue weighted by Gasteiger charge is 2.11. The highest BCUT2D eigenvalue weighted by atomic mass is 35.5. The molecule has 0 bridgehead atoms. The molecule has 1 aromatic carbocycles. The maximum atomic E-state index is 13.1. The van der Waals surface area contributed by atoms with E-state index in [4.69, 9.17) is 26.7 Å². The Labute approximate surface area is 112 Å². The molecule has 19 heavy (non-hydrogen) atoms. The molecule has 8 heteroatoms. The summed E-state index contributed by atoms with van der Waals surface area (Å²) >= 11 is 5.54. The average Bonchev–Trinajstić information content (AvgIpc) is 2.88. The molecule has 1 amide bonds. The first-order valence-corrected chi connectivity index (χ1v) is 5.52. The van der Waals surface area contributed by atoms with E-state index in [1.165, 1.54) is 18.2 Å². The van der Waals surface area contributed by atoms with Crippen LogP contribution in [-0.2, 0) is 6.61 Å². The molecule has 0 saturated carbocycles. The van der Waals surface area contributed by atoms with Crippen molar-refractivity contribution in [2.45, 2.75) is 6.61 Å². The maximum Gasteiger partial charge on any atom is 0.287 e. The summed E-state index contributed by atoms with van der Waals surface area (Å²) in [5.41, 5.74) is 1.95. The van der Waals surface area contributed by atoms with Gasteiger partial charge in [0, 0.05) is 12.1 Å². The Balaban J connectivity index is 2.00. The summed E-state index contributed by atoms with van der Waals surface area (Å²) in [4.78, 5) is 11.1. The Bertz CT molecular complexity index is 603. The number of carbonyl (C=O) groups is 1. The Morgan fingerprint density at radius 1 is 1.53 bits per heavy atom. The van der Waals surface area contributed by atoms with Gasteiger partial charge in [-0.15, -0.1) is 0 Å². The van der Waals surface area contributed by atoms with Gasteiger partial charge in [-0.1, -0.05) is 16.8 Å². The molecule has 2 aromatic rings. The van der Waals surface area contributed by atoms with Crippen molar-refractivity contribution >= 4 is 17.5 Å². The summed E-state index contributed by atoms with van der Waals surface area (Å²) in [6.45, 7) is -0.00801. The van der Waals surface area contributed by atoms with Crippen molar-refractivity contribution < 1.29 is 18.4 Å². The predicted octanol–water partition coefficient (Wildman–Crippen LogP) is 1.65. The molecule has 0 saturated heterocycles. The van der Waals surface area contributed by atoms with Gasteiger partial charge in [-0.05, 0) is 12.1 Å². The third kappa shape index (κ3) is 3.21. The van der Waals surface area contributed by atoms with Crippen molar-refractivity contribution in [2.24, 2.45) is 5.84 Å². The number of amides is 1. The SMILES string of the molecule is NNC(=O)c1cc(COc2ccc(Cl)c(F)c2)on1. The molecule has 0 radical (unpaired) electrons. The van der Waals surface area contributed by atoms with E-state index < -0.39 is 11.7 Å². The lowest BCUT2D eigenvalue weighted by Gasteiger charge is -2.03. The fraction of sp³-hybridized carbons (Fsp3) is 0.0909. The van der Waals surface area contributed by atoms with Gasteiger partial charge in [-0.25, -0.2) is 10.2 Å². The van der Waals surface area contributed by atoms with Crippen LogP contribution in [0.4, 0.5) is 4.39 Å². The Morgan fingerprint density at radius 2 is 2.32 bits per heavy atom. The first kappa shape index (κ1) is 13.3. The molecule has 3 N–H and O–H groups in total. The number of ether oxygens (including phenoxy) is 1. The molecular weight excluding hydrogens is 277 g/mol. The number of hydrazine groups is 1. The first-order valence-electron chi connectivity index (χ1n) is 5.14. The predicted molar refractivity (Wildman–Crippen MR) is 63.9 cm³/mol. The van der Waals surface area contributed by atoms with E-state index in [9.17, 15) is 9.18 Å². The van der Waals surface area contributed by atoms with Crippen molar-refractivity contribution in [1.29, 1.82) is 0 Å². The lowest BCUT2D eigenvalue weighted by atomic mass is 10.3. The molecule has 0 aliphatic heterocycles. The highest BCUT2D eigenvalue weighted by molar-refractivity contribution is 6.30. The number of nitrogens with two attached hydrogens (primary N) is 1. The molecule has 0 atom stereocenters. The van der Waals surface area contributed by atoms with Crippen LogP contribution in [0.1, 0.15) is 16.2 Å². The molecule has 1 aromatic heterocycles. The molecule has 0 aliphatic rings. The van der Waals surface area contributed by atoms with E-state index in [1.54, 1.807) is 0 Å². The van der Waals surface area contributed by atoms with Crippen LogP contribution in [0, 0.1) is 5.82 Å². The Hall–Kier alpha value is -2.12. The molecule has 6 nitrogen and oxygen atoms in total. The van der Waals surface area contributed by atoms with Crippen LogP contribution < -0.4 is 16.0 Å². The number of nitrogens with zero attached hydrogens (tertiary/aromatic N) is 1. The monoisotopic (exact) mass is 285 g/mol. The van der Waals surface area contributed by atoms with Gasteiger partial charge >= 0.3 is 0 Å². The number of benzene rings is 1. The van der Waals surface area contributed by atoms with Crippen LogP contribution in [0.5, 0.6) is 5.75 Å². The van der Waals surface area contributed by atoms with E-state index >= 15 is 0 Å². The van der Waals surface area contributed by atoms with Gasteiger partial charge in [-0.3, -0.25) is 10.2 Å². The third-order valence-corrected chi connectivity index (χ3v) is 2.50. The number of nitrogen functional groups attached to an aromatic ring is 1. The fourth-order valence-electron chi connectivity index (χ4n) is 1.28. The third-order valence-electron chi connectivity index (χ3n) is 2.19. The quantitative estimate of drug-likeness (QED) is 0.506. The van der Waals surface area contributed by atoms with Gasteiger partial charge in [0.1, 0.15) is 18.2 Å². The number of halogens is 2. The Kier molecular flexibility index (Phi) is 3.98. The van der Waals surface area contributed by atoms with Gasteiger partial charge in [0.05, 0.1) is 5.02 Å². The largest absolute Gasteiger partial charge is 0.485 e. The van der Waals surface area contributed by atoms with Crippen LogP contribution in [0.2, 0.25) is 5.02 Å². The molecule has 2 rings (SSSR count). The number of hydrogen-bond acceptors (Lipinski definition) is 5. The van der Waals surface area contributed by atoms with Crippen LogP contribution in [0.25, 0.3) is 0 Å². The van der Waals surface area contributed by atoms with Crippen molar-refractivity contribution in [1.82, 2.24) is 10.6 Å². The zero-order chi connectivity index (χ0) is 13.8. The molecule has 0 spiro atoms. The zero-order valence-corrected chi connectivity index (χ0v) is 10.3. The minimum atomic E-state index is -0.583. The molecular formula is C11H9ClFN3O3. The standard InChI is InChI=1S/C11H9ClFN3O3/c12-8-2-1-6(3-9(8)13)18-5-7-4-10(16-19-7)11(17)15-14/h1-4H,5,14H2,(H,15,17). The van der Waals surface area contributed by atoms with Crippen molar-refractivity contribution in [3.8, 4) is 5.75 Å². The topological polar surface area (TPSA) is 90.4 Å². The summed E-state index contributed by atoms with van der Waals surface area (Å²) in [6, 6.07) is 5.40. The van der Waals surface area contributed by atoms with Gasteiger partial charge in [-0.2, -0.15) is 0 Å². The maximum absolute atomic E-state index is 13.1. The normalized spacial score (nSPS) is 10.3. The smallest absolute Gasteiger partial charge is 0.287 e. The second-order valence-electron chi connectivity index (χ2n) is 3.52. The number of carbonyl (C=O) groups excluding carboxylic acids is 1. The van der Waals surface area contributed by atoms with E-state index in [1.807, 2.05) is 5.43 Å². The second-order valence-corrected chi connectivity index (χ2v) is 3.92. The average molecular weight is 286 g/mol. The lowest BCUT2D eigenvalue weighted by Crippen LogP contribution is -2.30. The van der Waals surface area contributed by atoms with Crippen LogP contribution >= 0.6 is 11.6 Å².